The fourth-order valence-electron chi connectivity index (χ4n) is 7.41. The Hall–Kier alpha value is -2.99. The van der Waals surface area contributed by atoms with Gasteiger partial charge in [0.2, 0.25) is 0 Å². The smallest absolute Gasteiger partial charge is 0.419 e. The van der Waals surface area contributed by atoms with Crippen molar-refractivity contribution in [1.29, 1.82) is 0 Å². The van der Waals surface area contributed by atoms with Crippen molar-refractivity contribution in [2.24, 2.45) is 11.8 Å². The van der Waals surface area contributed by atoms with E-state index in [4.69, 9.17) is 15.2 Å². The van der Waals surface area contributed by atoms with Crippen molar-refractivity contribution >= 4 is 11.5 Å². The molecule has 4 aliphatic heterocycles. The summed E-state index contributed by atoms with van der Waals surface area (Å²) >= 11 is 0. The number of halogens is 5. The van der Waals surface area contributed by atoms with Gasteiger partial charge in [0.15, 0.2) is 0 Å². The number of nitrogen functional groups attached to an aromatic ring is 1. The first-order valence-electron chi connectivity index (χ1n) is 14.6. The number of piperidine rings is 1. The van der Waals surface area contributed by atoms with Crippen LogP contribution < -0.4 is 15.4 Å². The number of methoxy groups -OCH3 is 1. The standard InChI is InChI=1S/C22H24F4N4O2.C8H12FN/c1-31-21-28-17-7-18(14-5-13(27)6-16(23)19(14)22(24,25)26)32-10-15(17)20(29-21)30-8-11-2-3-12(4-11)9-30;9-5-7-4-8-2-1-3-10(8)6-7/h5-6,11-12,18H,2-4,7-10,27H2,1H3;5,8H,1-4,6H2/b;7-5-. The topological polar surface area (TPSA) is 76.7 Å². The third-order valence-electron chi connectivity index (χ3n) is 9.28. The molecule has 12 heteroatoms. The van der Waals surface area contributed by atoms with Gasteiger partial charge in [-0.25, -0.2) is 8.78 Å². The van der Waals surface area contributed by atoms with Crippen LogP contribution in [0.4, 0.5) is 33.5 Å². The predicted octanol–water partition coefficient (Wildman–Crippen LogP) is 5.98. The fourth-order valence-corrected chi connectivity index (χ4v) is 7.41. The number of benzene rings is 1. The van der Waals surface area contributed by atoms with Crippen LogP contribution in [0.25, 0.3) is 0 Å². The van der Waals surface area contributed by atoms with Crippen LogP contribution in [-0.4, -0.2) is 54.2 Å². The maximum Gasteiger partial charge on any atom is 0.419 e. The van der Waals surface area contributed by atoms with Crippen LogP contribution in [0, 0.1) is 17.7 Å². The Balaban J connectivity index is 0.000000265. The number of rotatable bonds is 3. The maximum atomic E-state index is 14.3. The molecule has 2 bridgehead atoms. The number of hydrogen-bond acceptors (Lipinski definition) is 7. The molecule has 5 heterocycles. The minimum atomic E-state index is -4.88. The Labute approximate surface area is 241 Å². The predicted molar refractivity (Wildman–Crippen MR) is 147 cm³/mol. The van der Waals surface area contributed by atoms with E-state index in [0.29, 0.717) is 29.6 Å². The first-order chi connectivity index (χ1) is 20.1. The summed E-state index contributed by atoms with van der Waals surface area (Å²) in [5.41, 5.74) is 6.18. The number of fused-ring (bicyclic) bond motifs is 4. The number of anilines is 2. The summed E-state index contributed by atoms with van der Waals surface area (Å²) in [5, 5.41) is 0. The summed E-state index contributed by atoms with van der Waals surface area (Å²) in [6.07, 6.45) is 2.10. The highest BCUT2D eigenvalue weighted by atomic mass is 19.4. The SMILES string of the molecule is COc1nc2c(c(N3CC4CCC(C4)C3)n1)COC(c1cc(N)cc(F)c1C(F)(F)F)C2.F/C=C1/CC2CCCN2C1. The summed E-state index contributed by atoms with van der Waals surface area (Å²) in [6, 6.07) is 2.65. The molecular weight excluding hydrogens is 557 g/mol. The number of hydrogen-bond donors (Lipinski definition) is 1. The molecule has 3 saturated heterocycles. The minimum absolute atomic E-state index is 0.0267. The van der Waals surface area contributed by atoms with Crippen LogP contribution in [0.3, 0.4) is 0 Å². The first-order valence-corrected chi connectivity index (χ1v) is 14.6. The molecule has 2 aromatic rings. The molecule has 4 atom stereocenters. The van der Waals surface area contributed by atoms with Gasteiger partial charge in [-0.15, -0.1) is 0 Å². The van der Waals surface area contributed by atoms with E-state index in [1.54, 1.807) is 0 Å². The summed E-state index contributed by atoms with van der Waals surface area (Å²) in [5.74, 6) is 0.544. The second-order valence-electron chi connectivity index (χ2n) is 12.1. The molecule has 42 heavy (non-hydrogen) atoms. The van der Waals surface area contributed by atoms with E-state index in [2.05, 4.69) is 19.8 Å². The highest BCUT2D eigenvalue weighted by Gasteiger charge is 2.41. The van der Waals surface area contributed by atoms with Crippen molar-refractivity contribution < 1.29 is 31.4 Å². The van der Waals surface area contributed by atoms with Crippen molar-refractivity contribution in [2.75, 3.05) is 43.9 Å². The van der Waals surface area contributed by atoms with Gasteiger partial charge in [0.05, 0.1) is 37.4 Å². The third kappa shape index (κ3) is 5.79. The van der Waals surface area contributed by atoms with Crippen LogP contribution in [0.2, 0.25) is 0 Å². The molecule has 1 saturated carbocycles. The van der Waals surface area contributed by atoms with Gasteiger partial charge in [0.25, 0.3) is 0 Å². The molecule has 228 valence electrons. The Kier molecular flexibility index (Phi) is 8.03. The van der Waals surface area contributed by atoms with Crippen molar-refractivity contribution in [1.82, 2.24) is 14.9 Å². The van der Waals surface area contributed by atoms with Gasteiger partial charge in [0.1, 0.15) is 11.6 Å². The Morgan fingerprint density at radius 2 is 1.86 bits per heavy atom. The molecule has 0 spiro atoms. The third-order valence-corrected chi connectivity index (χ3v) is 9.28. The van der Waals surface area contributed by atoms with Crippen LogP contribution in [0.1, 0.15) is 67.0 Å². The molecule has 4 fully saturated rings. The number of aromatic nitrogens is 2. The van der Waals surface area contributed by atoms with Crippen LogP contribution in [0.5, 0.6) is 6.01 Å². The van der Waals surface area contributed by atoms with E-state index in [9.17, 15) is 22.0 Å². The highest BCUT2D eigenvalue weighted by Crippen LogP contribution is 2.44. The zero-order valence-electron chi connectivity index (χ0n) is 23.6. The average molecular weight is 594 g/mol. The Morgan fingerprint density at radius 1 is 1.10 bits per heavy atom. The van der Waals surface area contributed by atoms with Crippen molar-refractivity contribution in [3.05, 3.63) is 52.2 Å². The van der Waals surface area contributed by atoms with E-state index >= 15 is 0 Å². The molecule has 4 unspecified atom stereocenters. The molecule has 1 aromatic heterocycles. The summed E-state index contributed by atoms with van der Waals surface area (Å²) in [6.45, 7) is 3.86. The van der Waals surface area contributed by atoms with Gasteiger partial charge in [-0.3, -0.25) is 4.90 Å². The summed E-state index contributed by atoms with van der Waals surface area (Å²) in [4.78, 5) is 13.6. The van der Waals surface area contributed by atoms with Gasteiger partial charge in [-0.05, 0) is 80.2 Å². The number of nitrogens with zero attached hydrogens (tertiary/aromatic N) is 4. The van der Waals surface area contributed by atoms with Crippen molar-refractivity contribution in [3.63, 3.8) is 0 Å². The molecule has 1 aromatic carbocycles. The first kappa shape index (κ1) is 29.1. The number of alkyl halides is 3. The van der Waals surface area contributed by atoms with Gasteiger partial charge in [-0.2, -0.15) is 23.1 Å². The highest BCUT2D eigenvalue weighted by molar-refractivity contribution is 5.53. The Bertz CT molecular complexity index is 1330. The molecule has 7 rings (SSSR count). The van der Waals surface area contributed by atoms with Gasteiger partial charge < -0.3 is 20.1 Å². The van der Waals surface area contributed by atoms with Gasteiger partial charge >= 0.3 is 12.2 Å². The maximum absolute atomic E-state index is 14.3. The number of ether oxygens (including phenoxy) is 2. The zero-order chi connectivity index (χ0) is 29.6. The van der Waals surface area contributed by atoms with Crippen molar-refractivity contribution in [3.8, 4) is 6.01 Å². The molecule has 7 nitrogen and oxygen atoms in total. The fraction of sp³-hybridized carbons (Fsp3) is 0.600. The van der Waals surface area contributed by atoms with Crippen molar-refractivity contribution in [2.45, 2.75) is 69.9 Å². The van der Waals surface area contributed by atoms with E-state index in [1.165, 1.54) is 45.8 Å². The number of nitrogens with two attached hydrogens (primary N) is 1. The lowest BCUT2D eigenvalue weighted by molar-refractivity contribution is -0.142. The lowest BCUT2D eigenvalue weighted by Crippen LogP contribution is -2.38. The minimum Gasteiger partial charge on any atom is -0.467 e. The summed E-state index contributed by atoms with van der Waals surface area (Å²) < 4.78 is 78.2. The van der Waals surface area contributed by atoms with E-state index in [-0.39, 0.29) is 30.3 Å². The molecule has 5 aliphatic rings. The lowest BCUT2D eigenvalue weighted by Gasteiger charge is -2.36. The Morgan fingerprint density at radius 3 is 2.52 bits per heavy atom. The monoisotopic (exact) mass is 593 g/mol. The molecule has 0 amide bonds. The summed E-state index contributed by atoms with van der Waals surface area (Å²) in [7, 11) is 1.46. The average Bonchev–Trinajstić information content (AvgIpc) is 3.65. The van der Waals surface area contributed by atoms with E-state index < -0.39 is 23.7 Å². The second kappa shape index (κ2) is 11.6. The zero-order valence-corrected chi connectivity index (χ0v) is 23.6. The van der Waals surface area contributed by atoms with Gasteiger partial charge in [0, 0.05) is 43.3 Å². The lowest BCUT2D eigenvalue weighted by atomic mass is 9.93. The van der Waals surface area contributed by atoms with E-state index in [0.717, 1.165) is 55.4 Å². The largest absolute Gasteiger partial charge is 0.467 e. The van der Waals surface area contributed by atoms with Crippen LogP contribution in [-0.2, 0) is 23.9 Å². The molecular formula is C30H36F5N5O2. The van der Waals surface area contributed by atoms with Crippen LogP contribution in [0.15, 0.2) is 24.0 Å². The molecule has 2 N–H and O–H groups in total. The molecule has 0 radical (unpaired) electrons. The van der Waals surface area contributed by atoms with Gasteiger partial charge in [-0.1, -0.05) is 0 Å². The molecule has 1 aliphatic carbocycles. The quantitative estimate of drug-likeness (QED) is 0.347. The normalized spacial score (nSPS) is 28.0. The second-order valence-corrected chi connectivity index (χ2v) is 12.1. The van der Waals surface area contributed by atoms with Crippen LogP contribution >= 0.6 is 0 Å². The van der Waals surface area contributed by atoms with E-state index in [1.807, 2.05) is 0 Å².